The summed E-state index contributed by atoms with van der Waals surface area (Å²) in [5, 5.41) is 3.91. The minimum absolute atomic E-state index is 0.0120. The molecule has 2 aromatic carbocycles. The van der Waals surface area contributed by atoms with E-state index in [0.29, 0.717) is 24.5 Å². The van der Waals surface area contributed by atoms with Crippen LogP contribution < -0.4 is 4.74 Å². The lowest BCUT2D eigenvalue weighted by Gasteiger charge is -2.16. The van der Waals surface area contributed by atoms with Gasteiger partial charge >= 0.3 is 6.36 Å². The zero-order chi connectivity index (χ0) is 22.0. The summed E-state index contributed by atoms with van der Waals surface area (Å²) in [6.45, 7) is 3.07. The first-order valence-corrected chi connectivity index (χ1v) is 9.86. The Morgan fingerprint density at radius 2 is 1.77 bits per heavy atom. The number of aryl methyl sites for hydroxylation is 1. The maximum absolute atomic E-state index is 12.4. The van der Waals surface area contributed by atoms with Crippen molar-refractivity contribution in [3.05, 3.63) is 65.5 Å². The van der Waals surface area contributed by atoms with Gasteiger partial charge in [-0.15, -0.1) is 13.2 Å². The van der Waals surface area contributed by atoms with Gasteiger partial charge < -0.3 is 14.2 Å². The van der Waals surface area contributed by atoms with Crippen LogP contribution >= 0.6 is 0 Å². The molecule has 162 valence electrons. The average Bonchev–Trinajstić information content (AvgIpc) is 3.35. The van der Waals surface area contributed by atoms with Gasteiger partial charge in [0.25, 0.3) is 0 Å². The van der Waals surface area contributed by atoms with Crippen molar-refractivity contribution in [1.29, 1.82) is 0 Å². The number of hydrogen-bond donors (Lipinski definition) is 0. The van der Waals surface area contributed by atoms with E-state index in [1.807, 2.05) is 12.1 Å². The SMILES string of the molecule is CCc1ccc(CN2CC(c3nc(-c4ccc(OC(F)(F)F)cc4)no3)CC2=O)cc1. The van der Waals surface area contributed by atoms with Crippen LogP contribution in [0, 0.1) is 0 Å². The van der Waals surface area contributed by atoms with Crippen LogP contribution in [0.5, 0.6) is 5.75 Å². The summed E-state index contributed by atoms with van der Waals surface area (Å²) in [7, 11) is 0. The second-order valence-corrected chi connectivity index (χ2v) is 7.37. The largest absolute Gasteiger partial charge is 0.573 e. The summed E-state index contributed by atoms with van der Waals surface area (Å²) in [6, 6.07) is 13.4. The molecule has 1 amide bonds. The van der Waals surface area contributed by atoms with Crippen molar-refractivity contribution in [3.8, 4) is 17.1 Å². The molecular weight excluding hydrogens is 411 g/mol. The van der Waals surface area contributed by atoms with E-state index in [1.165, 1.54) is 29.8 Å². The second kappa shape index (κ2) is 8.41. The first kappa shape index (κ1) is 20.9. The molecule has 1 fully saturated rings. The molecule has 0 N–H and O–H groups in total. The van der Waals surface area contributed by atoms with Gasteiger partial charge in [0.1, 0.15) is 5.75 Å². The van der Waals surface area contributed by atoms with E-state index in [2.05, 4.69) is 33.9 Å². The third kappa shape index (κ3) is 5.04. The number of aromatic nitrogens is 2. The van der Waals surface area contributed by atoms with Crippen molar-refractivity contribution in [1.82, 2.24) is 15.0 Å². The smallest absolute Gasteiger partial charge is 0.406 e. The van der Waals surface area contributed by atoms with Crippen LogP contribution in [0.15, 0.2) is 53.1 Å². The number of carbonyl (C=O) groups is 1. The number of ether oxygens (including phenoxy) is 1. The molecule has 9 heteroatoms. The zero-order valence-electron chi connectivity index (χ0n) is 16.7. The third-order valence-corrected chi connectivity index (χ3v) is 5.16. The predicted molar refractivity (Wildman–Crippen MR) is 105 cm³/mol. The molecule has 0 spiro atoms. The van der Waals surface area contributed by atoms with Crippen LogP contribution in [-0.2, 0) is 17.8 Å². The Morgan fingerprint density at radius 3 is 2.42 bits per heavy atom. The van der Waals surface area contributed by atoms with Crippen molar-refractivity contribution >= 4 is 5.91 Å². The minimum atomic E-state index is -4.75. The molecule has 0 aliphatic carbocycles. The van der Waals surface area contributed by atoms with Crippen LogP contribution in [0.4, 0.5) is 13.2 Å². The molecule has 1 aliphatic rings. The van der Waals surface area contributed by atoms with Crippen LogP contribution in [-0.4, -0.2) is 33.9 Å². The summed E-state index contributed by atoms with van der Waals surface area (Å²) < 4.78 is 46.0. The van der Waals surface area contributed by atoms with Gasteiger partial charge in [-0.2, -0.15) is 4.98 Å². The third-order valence-electron chi connectivity index (χ3n) is 5.16. The maximum atomic E-state index is 12.4. The van der Waals surface area contributed by atoms with Gasteiger partial charge in [-0.3, -0.25) is 4.79 Å². The van der Waals surface area contributed by atoms with Crippen molar-refractivity contribution in [2.24, 2.45) is 0 Å². The van der Waals surface area contributed by atoms with Crippen LogP contribution in [0.3, 0.4) is 0 Å². The van der Waals surface area contributed by atoms with Crippen molar-refractivity contribution in [2.45, 2.75) is 38.6 Å². The van der Waals surface area contributed by atoms with Gasteiger partial charge in [-0.1, -0.05) is 36.3 Å². The maximum Gasteiger partial charge on any atom is 0.573 e. The lowest BCUT2D eigenvalue weighted by atomic mass is 10.1. The first-order valence-electron chi connectivity index (χ1n) is 9.86. The van der Waals surface area contributed by atoms with Gasteiger partial charge in [0.05, 0.1) is 5.92 Å². The lowest BCUT2D eigenvalue weighted by Crippen LogP contribution is -2.24. The van der Waals surface area contributed by atoms with E-state index < -0.39 is 6.36 Å². The number of benzene rings is 2. The quantitative estimate of drug-likeness (QED) is 0.565. The summed E-state index contributed by atoms with van der Waals surface area (Å²) in [5.74, 6) is 0.0378. The van der Waals surface area contributed by atoms with Gasteiger partial charge in [0.2, 0.25) is 17.6 Å². The number of halogens is 3. The Morgan fingerprint density at radius 1 is 1.10 bits per heavy atom. The number of alkyl halides is 3. The van der Waals surface area contributed by atoms with Crippen molar-refractivity contribution in [2.75, 3.05) is 6.54 Å². The summed E-state index contributed by atoms with van der Waals surface area (Å²) in [4.78, 5) is 18.6. The molecule has 1 aliphatic heterocycles. The van der Waals surface area contributed by atoms with E-state index in [0.717, 1.165) is 12.0 Å². The highest BCUT2D eigenvalue weighted by Crippen LogP contribution is 2.30. The molecule has 1 aromatic heterocycles. The highest BCUT2D eigenvalue weighted by atomic mass is 19.4. The topological polar surface area (TPSA) is 68.5 Å². The molecule has 3 aromatic rings. The molecule has 1 unspecified atom stereocenters. The lowest BCUT2D eigenvalue weighted by molar-refractivity contribution is -0.274. The Bertz CT molecular complexity index is 1050. The molecule has 0 radical (unpaired) electrons. The molecule has 6 nitrogen and oxygen atoms in total. The van der Waals surface area contributed by atoms with Gasteiger partial charge in [0.15, 0.2) is 0 Å². The van der Waals surface area contributed by atoms with Crippen molar-refractivity contribution < 1.29 is 27.2 Å². The Kier molecular flexibility index (Phi) is 5.67. The summed E-state index contributed by atoms with van der Waals surface area (Å²) in [6.07, 6.45) is -3.52. The molecule has 1 saturated heterocycles. The number of carbonyl (C=O) groups excluding carboxylic acids is 1. The fraction of sp³-hybridized carbons (Fsp3) is 0.318. The molecule has 2 heterocycles. The van der Waals surface area contributed by atoms with Crippen LogP contribution in [0.25, 0.3) is 11.4 Å². The van der Waals surface area contributed by atoms with E-state index in [4.69, 9.17) is 4.52 Å². The van der Waals surface area contributed by atoms with E-state index in [1.54, 1.807) is 4.90 Å². The fourth-order valence-corrected chi connectivity index (χ4v) is 3.52. The Hall–Kier alpha value is -3.36. The predicted octanol–water partition coefficient (Wildman–Crippen LogP) is 4.71. The number of hydrogen-bond acceptors (Lipinski definition) is 5. The average molecular weight is 431 g/mol. The molecule has 1 atom stereocenters. The van der Waals surface area contributed by atoms with Gasteiger partial charge in [-0.05, 0) is 41.8 Å². The summed E-state index contributed by atoms with van der Waals surface area (Å²) >= 11 is 0. The monoisotopic (exact) mass is 431 g/mol. The number of amides is 1. The molecule has 0 bridgehead atoms. The standard InChI is InChI=1S/C22H20F3N3O3/c1-2-14-3-5-15(6-4-14)12-28-13-17(11-19(28)29)21-26-20(27-31-21)16-7-9-18(10-8-16)30-22(23,24)25/h3-10,17H,2,11-13H2,1H3. The number of rotatable bonds is 6. The van der Waals surface area contributed by atoms with E-state index >= 15 is 0 Å². The molecule has 4 rings (SSSR count). The molecular formula is C22H20F3N3O3. The Balaban J connectivity index is 1.41. The minimum Gasteiger partial charge on any atom is -0.406 e. The highest BCUT2D eigenvalue weighted by Gasteiger charge is 2.34. The number of nitrogens with zero attached hydrogens (tertiary/aromatic N) is 3. The van der Waals surface area contributed by atoms with Crippen LogP contribution in [0.2, 0.25) is 0 Å². The summed E-state index contributed by atoms with van der Waals surface area (Å²) in [5.41, 5.74) is 2.78. The number of likely N-dealkylation sites (tertiary alicyclic amines) is 1. The van der Waals surface area contributed by atoms with E-state index in [9.17, 15) is 18.0 Å². The molecule has 31 heavy (non-hydrogen) atoms. The molecule has 0 saturated carbocycles. The second-order valence-electron chi connectivity index (χ2n) is 7.37. The fourth-order valence-electron chi connectivity index (χ4n) is 3.52. The van der Waals surface area contributed by atoms with Gasteiger partial charge in [0, 0.05) is 25.1 Å². The van der Waals surface area contributed by atoms with Crippen molar-refractivity contribution in [3.63, 3.8) is 0 Å². The van der Waals surface area contributed by atoms with Gasteiger partial charge in [-0.25, -0.2) is 0 Å². The Labute approximate surface area is 176 Å². The first-order chi connectivity index (χ1) is 14.8. The van der Waals surface area contributed by atoms with Crippen LogP contribution in [0.1, 0.15) is 36.3 Å². The normalized spacial score (nSPS) is 16.7. The highest BCUT2D eigenvalue weighted by molar-refractivity contribution is 5.79. The zero-order valence-corrected chi connectivity index (χ0v) is 16.7. The van der Waals surface area contributed by atoms with E-state index in [-0.39, 0.29) is 29.8 Å².